The van der Waals surface area contributed by atoms with Crippen LogP contribution in [0.15, 0.2) is 24.4 Å². The maximum atomic E-state index is 13.0. The van der Waals surface area contributed by atoms with Crippen LogP contribution in [0.2, 0.25) is 0 Å². The van der Waals surface area contributed by atoms with E-state index in [1.807, 2.05) is 0 Å². The van der Waals surface area contributed by atoms with Gasteiger partial charge in [-0.3, -0.25) is 4.79 Å². The van der Waals surface area contributed by atoms with Gasteiger partial charge in [0.15, 0.2) is 0 Å². The second-order valence-electron chi connectivity index (χ2n) is 5.79. The van der Waals surface area contributed by atoms with Crippen molar-refractivity contribution in [3.8, 4) is 5.75 Å². The molecule has 152 valence electrons. The Balaban J connectivity index is 2.29. The minimum Gasteiger partial charge on any atom is -0.495 e. The topological polar surface area (TPSA) is 122 Å². The van der Waals surface area contributed by atoms with Crippen molar-refractivity contribution in [3.63, 3.8) is 0 Å². The van der Waals surface area contributed by atoms with Gasteiger partial charge in [-0.25, -0.2) is 4.98 Å². The van der Waals surface area contributed by atoms with E-state index >= 15 is 0 Å². The third-order valence-electron chi connectivity index (χ3n) is 3.72. The highest BCUT2D eigenvalue weighted by molar-refractivity contribution is 5.73. The molecule has 0 amide bonds. The second kappa shape index (κ2) is 8.74. The number of nitrogens with one attached hydrogen (secondary N) is 2. The molecule has 1 atom stereocenters. The first-order valence-corrected chi connectivity index (χ1v) is 8.26. The maximum absolute atomic E-state index is 13.0. The number of aliphatic carboxylic acids is 1. The van der Waals surface area contributed by atoms with E-state index in [0.717, 1.165) is 0 Å². The number of halogens is 3. The fourth-order valence-corrected chi connectivity index (χ4v) is 2.38. The van der Waals surface area contributed by atoms with Crippen LogP contribution in [-0.4, -0.2) is 40.7 Å². The molecular formula is C17H20F3N5O3. The van der Waals surface area contributed by atoms with Crippen molar-refractivity contribution < 1.29 is 27.8 Å². The van der Waals surface area contributed by atoms with Gasteiger partial charge in [-0.05, 0) is 31.0 Å². The van der Waals surface area contributed by atoms with Gasteiger partial charge in [0, 0.05) is 12.7 Å². The summed E-state index contributed by atoms with van der Waals surface area (Å²) in [6, 6.07) is 3.73. The van der Waals surface area contributed by atoms with Crippen LogP contribution < -0.4 is 21.1 Å². The number of rotatable bonds is 8. The van der Waals surface area contributed by atoms with Crippen molar-refractivity contribution >= 4 is 23.4 Å². The summed E-state index contributed by atoms with van der Waals surface area (Å²) >= 11 is 0. The number of alkyl halides is 3. The smallest absolute Gasteiger partial charge is 0.421 e. The van der Waals surface area contributed by atoms with Crippen LogP contribution in [0.1, 0.15) is 18.1 Å². The first kappa shape index (κ1) is 21.2. The predicted octanol–water partition coefficient (Wildman–Crippen LogP) is 2.63. The minimum atomic E-state index is -4.59. The molecule has 5 N–H and O–H groups in total. The number of ether oxygens (including phenoxy) is 1. The molecule has 0 fully saturated rings. The van der Waals surface area contributed by atoms with Crippen molar-refractivity contribution in [2.24, 2.45) is 5.73 Å². The maximum Gasteiger partial charge on any atom is 0.421 e. The average molecular weight is 399 g/mol. The van der Waals surface area contributed by atoms with Gasteiger partial charge in [0.2, 0.25) is 5.95 Å². The fourth-order valence-electron chi connectivity index (χ4n) is 2.38. The Morgan fingerprint density at radius 1 is 1.39 bits per heavy atom. The van der Waals surface area contributed by atoms with Crippen LogP contribution in [0, 0.1) is 0 Å². The number of hydrogen-bond donors (Lipinski definition) is 4. The van der Waals surface area contributed by atoms with Gasteiger partial charge >= 0.3 is 12.1 Å². The zero-order chi connectivity index (χ0) is 20.9. The molecule has 0 aliphatic rings. The molecule has 0 saturated heterocycles. The standard InChI is InChI=1S/C17H20F3N5O3/c1-3-22-14-10(17(18,19)20)8-23-16(25-14)24-12-5-4-9(7-13(12)28-2)6-11(21)15(26)27/h4-5,7-8,11H,3,6,21H2,1-2H3,(H,26,27)(H2,22,23,24,25). The number of carbonyl (C=O) groups is 1. The van der Waals surface area contributed by atoms with Gasteiger partial charge < -0.3 is 26.2 Å². The van der Waals surface area contributed by atoms with Crippen molar-refractivity contribution in [2.75, 3.05) is 24.3 Å². The molecule has 0 spiro atoms. The largest absolute Gasteiger partial charge is 0.495 e. The highest BCUT2D eigenvalue weighted by Gasteiger charge is 2.35. The zero-order valence-corrected chi connectivity index (χ0v) is 15.2. The summed E-state index contributed by atoms with van der Waals surface area (Å²) in [7, 11) is 1.40. The van der Waals surface area contributed by atoms with Crippen LogP contribution >= 0.6 is 0 Å². The molecule has 0 aliphatic carbocycles. The Hall–Kier alpha value is -3.08. The monoisotopic (exact) mass is 399 g/mol. The quantitative estimate of drug-likeness (QED) is 0.534. The van der Waals surface area contributed by atoms with Crippen molar-refractivity contribution in [1.82, 2.24) is 9.97 Å². The third kappa shape index (κ3) is 5.22. The van der Waals surface area contributed by atoms with E-state index in [1.54, 1.807) is 25.1 Å². The molecule has 28 heavy (non-hydrogen) atoms. The van der Waals surface area contributed by atoms with Gasteiger partial charge in [0.1, 0.15) is 23.2 Å². The summed E-state index contributed by atoms with van der Waals surface area (Å²) in [4.78, 5) is 18.5. The number of aromatic nitrogens is 2. The second-order valence-corrected chi connectivity index (χ2v) is 5.79. The summed E-state index contributed by atoms with van der Waals surface area (Å²) in [5.74, 6) is -1.19. The summed E-state index contributed by atoms with van der Waals surface area (Å²) in [5, 5.41) is 14.3. The predicted molar refractivity (Wildman–Crippen MR) is 96.8 cm³/mol. The van der Waals surface area contributed by atoms with E-state index in [-0.39, 0.29) is 24.7 Å². The number of nitrogens with zero attached hydrogens (tertiary/aromatic N) is 2. The molecular weight excluding hydrogens is 379 g/mol. The molecule has 0 aliphatic heterocycles. The summed E-state index contributed by atoms with van der Waals surface area (Å²) in [6.07, 6.45) is -3.80. The first-order valence-electron chi connectivity index (χ1n) is 8.26. The van der Waals surface area contributed by atoms with E-state index in [4.69, 9.17) is 15.6 Å². The summed E-state index contributed by atoms with van der Waals surface area (Å²) < 4.78 is 44.4. The van der Waals surface area contributed by atoms with Crippen LogP contribution in [0.5, 0.6) is 5.75 Å². The van der Waals surface area contributed by atoms with Crippen LogP contribution in [0.3, 0.4) is 0 Å². The highest BCUT2D eigenvalue weighted by Crippen LogP contribution is 2.34. The van der Waals surface area contributed by atoms with Crippen molar-refractivity contribution in [1.29, 1.82) is 0 Å². The van der Waals surface area contributed by atoms with E-state index in [0.29, 0.717) is 23.2 Å². The molecule has 0 saturated carbocycles. The molecule has 8 nitrogen and oxygen atoms in total. The van der Waals surface area contributed by atoms with Crippen molar-refractivity contribution in [2.45, 2.75) is 25.6 Å². The Morgan fingerprint density at radius 2 is 2.11 bits per heavy atom. The van der Waals surface area contributed by atoms with Gasteiger partial charge in [0.05, 0.1) is 12.8 Å². The van der Waals surface area contributed by atoms with E-state index in [9.17, 15) is 18.0 Å². The number of carboxylic acids is 1. The number of benzene rings is 1. The van der Waals surface area contributed by atoms with E-state index < -0.39 is 23.8 Å². The van der Waals surface area contributed by atoms with Gasteiger partial charge in [-0.1, -0.05) is 6.07 Å². The normalized spacial score (nSPS) is 12.4. The lowest BCUT2D eigenvalue weighted by atomic mass is 10.1. The van der Waals surface area contributed by atoms with Crippen LogP contribution in [-0.2, 0) is 17.4 Å². The average Bonchev–Trinajstić information content (AvgIpc) is 2.62. The van der Waals surface area contributed by atoms with Gasteiger partial charge in [-0.2, -0.15) is 18.2 Å². The van der Waals surface area contributed by atoms with Crippen LogP contribution in [0.4, 0.5) is 30.6 Å². The minimum absolute atomic E-state index is 0.0581. The summed E-state index contributed by atoms with van der Waals surface area (Å²) in [5.41, 5.74) is 5.58. The SMILES string of the molecule is CCNc1nc(Nc2ccc(CC(N)C(=O)O)cc2OC)ncc1C(F)(F)F. The molecule has 2 aromatic rings. The van der Waals surface area contributed by atoms with E-state index in [1.165, 1.54) is 7.11 Å². The number of nitrogens with two attached hydrogens (primary N) is 1. The molecule has 0 bridgehead atoms. The van der Waals surface area contributed by atoms with Gasteiger partial charge in [0.25, 0.3) is 0 Å². The molecule has 1 aromatic heterocycles. The number of hydrogen-bond acceptors (Lipinski definition) is 7. The van der Waals surface area contributed by atoms with Crippen molar-refractivity contribution in [3.05, 3.63) is 35.5 Å². The van der Waals surface area contributed by atoms with Gasteiger partial charge in [-0.15, -0.1) is 0 Å². The highest BCUT2D eigenvalue weighted by atomic mass is 19.4. The lowest BCUT2D eigenvalue weighted by molar-refractivity contribution is -0.139. The first-order chi connectivity index (χ1) is 13.2. The molecule has 1 aromatic carbocycles. The number of carboxylic acid groups (broad SMARTS) is 1. The Morgan fingerprint density at radius 3 is 2.68 bits per heavy atom. The summed E-state index contributed by atoms with van der Waals surface area (Å²) in [6.45, 7) is 1.90. The molecule has 11 heteroatoms. The number of anilines is 3. The lowest BCUT2D eigenvalue weighted by Crippen LogP contribution is -2.32. The number of methoxy groups -OCH3 is 1. The van der Waals surface area contributed by atoms with E-state index in [2.05, 4.69) is 20.6 Å². The Labute approximate surface area is 158 Å². The third-order valence-corrected chi connectivity index (χ3v) is 3.72. The lowest BCUT2D eigenvalue weighted by Gasteiger charge is -2.15. The molecule has 0 radical (unpaired) electrons. The fraction of sp³-hybridized carbons (Fsp3) is 0.353. The molecule has 1 unspecified atom stereocenters. The van der Waals surface area contributed by atoms with Crippen LogP contribution in [0.25, 0.3) is 0 Å². The molecule has 2 rings (SSSR count). The Bertz CT molecular complexity index is 845. The Kier molecular flexibility index (Phi) is 6.62. The zero-order valence-electron chi connectivity index (χ0n) is 15.2. The molecule has 1 heterocycles.